The van der Waals surface area contributed by atoms with Crippen LogP contribution in [0, 0.1) is 0 Å². The van der Waals surface area contributed by atoms with E-state index in [1.165, 1.54) is 206 Å². The first-order chi connectivity index (χ1) is 18.8. The van der Waals surface area contributed by atoms with Crippen LogP contribution in [0.2, 0.25) is 0 Å². The maximum atomic E-state index is 3.34. The molecule has 0 aliphatic carbocycles. The maximum absolute atomic E-state index is 3.34. The lowest BCUT2D eigenvalue weighted by Gasteiger charge is -2.22. The molecular weight excluding hydrogens is 460 g/mol. The van der Waals surface area contributed by atoms with Crippen LogP contribution in [0.25, 0.3) is 0 Å². The van der Waals surface area contributed by atoms with Gasteiger partial charge < -0.3 is 10.2 Å². The van der Waals surface area contributed by atoms with Gasteiger partial charge in [-0.25, -0.2) is 0 Å². The summed E-state index contributed by atoms with van der Waals surface area (Å²) in [5.74, 6) is 0. The van der Waals surface area contributed by atoms with Gasteiger partial charge in [-0.05, 0) is 52.5 Å². The van der Waals surface area contributed by atoms with Crippen LogP contribution in [-0.4, -0.2) is 38.1 Å². The monoisotopic (exact) mass is 537 g/mol. The smallest absolute Gasteiger partial charge is 0.000664 e. The van der Waals surface area contributed by atoms with Gasteiger partial charge in [0, 0.05) is 0 Å². The molecule has 38 heavy (non-hydrogen) atoms. The van der Waals surface area contributed by atoms with E-state index in [2.05, 4.69) is 31.1 Å². The van der Waals surface area contributed by atoms with Gasteiger partial charge in [0.15, 0.2) is 0 Å². The second-order valence-corrected chi connectivity index (χ2v) is 12.5. The Morgan fingerprint density at radius 3 is 0.816 bits per heavy atom. The minimum Gasteiger partial charge on any atom is -0.320 e. The minimum absolute atomic E-state index is 1.16. The molecule has 0 heterocycles. The summed E-state index contributed by atoms with van der Waals surface area (Å²) in [5.41, 5.74) is 0. The second kappa shape index (κ2) is 34.9. The molecule has 0 spiro atoms. The molecule has 0 aromatic heterocycles. The van der Waals surface area contributed by atoms with Gasteiger partial charge in [0.1, 0.15) is 0 Å². The van der Waals surface area contributed by atoms with Gasteiger partial charge in [-0.15, -0.1) is 0 Å². The van der Waals surface area contributed by atoms with Crippen LogP contribution in [-0.2, 0) is 0 Å². The van der Waals surface area contributed by atoms with Gasteiger partial charge in [-0.3, -0.25) is 0 Å². The first-order valence-electron chi connectivity index (χ1n) is 18.2. The van der Waals surface area contributed by atoms with E-state index in [0.29, 0.717) is 0 Å². The zero-order valence-corrected chi connectivity index (χ0v) is 27.3. The van der Waals surface area contributed by atoms with Gasteiger partial charge in [0.25, 0.3) is 0 Å². The van der Waals surface area contributed by atoms with Crippen LogP contribution in [0.3, 0.4) is 0 Å². The summed E-state index contributed by atoms with van der Waals surface area (Å²) in [6.07, 6.45) is 42.1. The third kappa shape index (κ3) is 32.1. The molecular formula is C36H76N2. The lowest BCUT2D eigenvalue weighted by Crippen LogP contribution is -2.29. The first kappa shape index (κ1) is 37.9. The fourth-order valence-corrected chi connectivity index (χ4v) is 5.87. The molecule has 0 aromatic carbocycles. The molecule has 0 rings (SSSR count). The highest BCUT2D eigenvalue weighted by Gasteiger charge is 2.05. The summed E-state index contributed by atoms with van der Waals surface area (Å²) in [5, 5.41) is 3.34. The van der Waals surface area contributed by atoms with Crippen molar-refractivity contribution in [2.75, 3.05) is 33.2 Å². The van der Waals surface area contributed by atoms with E-state index in [4.69, 9.17) is 0 Å². The van der Waals surface area contributed by atoms with Crippen molar-refractivity contribution in [3.8, 4) is 0 Å². The third-order valence-electron chi connectivity index (χ3n) is 8.56. The summed E-state index contributed by atoms with van der Waals surface area (Å²) in [6.45, 7) is 9.73. The number of hydrogen-bond acceptors (Lipinski definition) is 2. The highest BCUT2D eigenvalue weighted by molar-refractivity contribution is 4.61. The summed E-state index contributed by atoms with van der Waals surface area (Å²) in [7, 11) is 2.09. The van der Waals surface area contributed by atoms with Crippen LogP contribution in [0.1, 0.15) is 200 Å². The lowest BCUT2D eigenvalue weighted by atomic mass is 10.0. The average Bonchev–Trinajstić information content (AvgIpc) is 2.93. The number of rotatable bonds is 34. The Morgan fingerprint density at radius 2 is 0.553 bits per heavy atom. The molecule has 0 amide bonds. The van der Waals surface area contributed by atoms with Gasteiger partial charge in [-0.1, -0.05) is 181 Å². The molecule has 0 atom stereocenters. The van der Waals surface area contributed by atoms with Crippen LogP contribution in [0.4, 0.5) is 0 Å². The Balaban J connectivity index is 3.55. The molecule has 230 valence electrons. The Kier molecular flexibility index (Phi) is 34.9. The summed E-state index contributed by atoms with van der Waals surface area (Å²) in [6, 6.07) is 0. The quantitative estimate of drug-likeness (QED) is 0.0822. The highest BCUT2D eigenvalue weighted by Crippen LogP contribution is 2.15. The van der Waals surface area contributed by atoms with Gasteiger partial charge in [0.05, 0.1) is 0 Å². The fraction of sp³-hybridized carbons (Fsp3) is 1.00. The van der Waals surface area contributed by atoms with E-state index < -0.39 is 0 Å². The van der Waals surface area contributed by atoms with Crippen molar-refractivity contribution in [1.82, 2.24) is 10.2 Å². The Morgan fingerprint density at radius 1 is 0.316 bits per heavy atom. The van der Waals surface area contributed by atoms with Crippen molar-refractivity contribution in [2.45, 2.75) is 200 Å². The maximum Gasteiger partial charge on any atom is -0.000664 e. The molecule has 0 bridgehead atoms. The van der Waals surface area contributed by atoms with Crippen LogP contribution >= 0.6 is 0 Å². The normalized spacial score (nSPS) is 11.7. The Bertz CT molecular complexity index is 365. The number of nitrogens with zero attached hydrogens (tertiary/aromatic N) is 1. The Hall–Kier alpha value is -0.0800. The predicted molar refractivity (Wildman–Crippen MR) is 176 cm³/mol. The molecule has 0 aromatic rings. The van der Waals surface area contributed by atoms with E-state index in [-0.39, 0.29) is 0 Å². The first-order valence-corrected chi connectivity index (χ1v) is 18.2. The average molecular weight is 537 g/mol. The lowest BCUT2D eigenvalue weighted by molar-refractivity contribution is 0.256. The van der Waals surface area contributed by atoms with Crippen LogP contribution in [0.15, 0.2) is 0 Å². The molecule has 0 radical (unpaired) electrons. The highest BCUT2D eigenvalue weighted by atomic mass is 15.1. The van der Waals surface area contributed by atoms with Crippen molar-refractivity contribution in [3.05, 3.63) is 0 Å². The molecule has 0 unspecified atom stereocenters. The summed E-state index contributed by atoms with van der Waals surface area (Å²) in [4.78, 5) is 2.78. The van der Waals surface area contributed by atoms with E-state index in [1.807, 2.05) is 0 Å². The van der Waals surface area contributed by atoms with Crippen molar-refractivity contribution >= 4 is 0 Å². The summed E-state index contributed by atoms with van der Waals surface area (Å²) >= 11 is 0. The minimum atomic E-state index is 1.16. The number of nitrogens with one attached hydrogen (secondary N) is 1. The topological polar surface area (TPSA) is 15.3 Å². The molecule has 0 fully saturated rings. The third-order valence-corrected chi connectivity index (χ3v) is 8.56. The zero-order chi connectivity index (χ0) is 27.6. The summed E-state index contributed by atoms with van der Waals surface area (Å²) < 4.78 is 0. The van der Waals surface area contributed by atoms with E-state index in [0.717, 1.165) is 6.54 Å². The van der Waals surface area contributed by atoms with Crippen LogP contribution < -0.4 is 5.32 Å². The largest absolute Gasteiger partial charge is 0.320 e. The molecule has 2 heteroatoms. The molecule has 2 nitrogen and oxygen atoms in total. The molecule has 0 saturated heterocycles. The number of unbranched alkanes of at least 4 members (excludes halogenated alkanes) is 26. The van der Waals surface area contributed by atoms with Crippen molar-refractivity contribution in [3.63, 3.8) is 0 Å². The molecule has 0 aliphatic heterocycles. The van der Waals surface area contributed by atoms with Crippen LogP contribution in [0.5, 0.6) is 0 Å². The van der Waals surface area contributed by atoms with E-state index >= 15 is 0 Å². The second-order valence-electron chi connectivity index (χ2n) is 12.5. The zero-order valence-electron chi connectivity index (χ0n) is 27.3. The molecule has 0 saturated carbocycles. The molecule has 1 N–H and O–H groups in total. The fourth-order valence-electron chi connectivity index (χ4n) is 5.87. The van der Waals surface area contributed by atoms with E-state index in [9.17, 15) is 0 Å². The van der Waals surface area contributed by atoms with Crippen molar-refractivity contribution < 1.29 is 0 Å². The van der Waals surface area contributed by atoms with Gasteiger partial charge >= 0.3 is 0 Å². The molecule has 0 aliphatic rings. The SMILES string of the molecule is CCCCCCCCCCCCCCCCN(CCCCCCCCCCCCCCCC)CCCNC. The van der Waals surface area contributed by atoms with Gasteiger partial charge in [0.2, 0.25) is 0 Å². The predicted octanol–water partition coefficient (Wildman–Crippen LogP) is 11.9. The standard InChI is InChI=1S/C36H76N2/c1-4-6-8-10-12-14-16-18-20-22-24-26-28-30-34-38(36-32-33-37-3)35-31-29-27-25-23-21-19-17-15-13-11-9-7-5-2/h37H,4-36H2,1-3H3. The van der Waals surface area contributed by atoms with E-state index in [1.54, 1.807) is 0 Å². The Labute approximate surface area is 243 Å². The van der Waals surface area contributed by atoms with Gasteiger partial charge in [-0.2, -0.15) is 0 Å². The van der Waals surface area contributed by atoms with Crippen molar-refractivity contribution in [2.24, 2.45) is 0 Å². The van der Waals surface area contributed by atoms with Crippen molar-refractivity contribution in [1.29, 1.82) is 0 Å². The number of hydrogen-bond donors (Lipinski definition) is 1.